The SMILES string of the molecule is CNC(=O)[C@H](Cc1ccccc1)NC=O. The fourth-order valence-corrected chi connectivity index (χ4v) is 1.33. The molecule has 0 aliphatic carbocycles. The third-order valence-corrected chi connectivity index (χ3v) is 2.11. The number of likely N-dealkylation sites (N-methyl/N-ethyl adjacent to an activating group) is 1. The Hall–Kier alpha value is -1.84. The zero-order chi connectivity index (χ0) is 11.1. The highest BCUT2D eigenvalue weighted by atomic mass is 16.2. The van der Waals surface area contributed by atoms with E-state index in [2.05, 4.69) is 10.6 Å². The van der Waals surface area contributed by atoms with E-state index in [4.69, 9.17) is 0 Å². The minimum absolute atomic E-state index is 0.189. The molecule has 1 aromatic carbocycles. The van der Waals surface area contributed by atoms with Gasteiger partial charge in [0, 0.05) is 13.5 Å². The van der Waals surface area contributed by atoms with Crippen LogP contribution in [0.3, 0.4) is 0 Å². The maximum Gasteiger partial charge on any atom is 0.242 e. The van der Waals surface area contributed by atoms with Crippen LogP contribution in [0.4, 0.5) is 0 Å². The van der Waals surface area contributed by atoms with Gasteiger partial charge in [-0.15, -0.1) is 0 Å². The number of carbonyl (C=O) groups is 2. The van der Waals surface area contributed by atoms with Crippen LogP contribution in [0, 0.1) is 0 Å². The molecule has 1 rings (SSSR count). The van der Waals surface area contributed by atoms with E-state index in [1.165, 1.54) is 0 Å². The second kappa shape index (κ2) is 5.80. The van der Waals surface area contributed by atoms with E-state index < -0.39 is 6.04 Å². The maximum absolute atomic E-state index is 11.4. The van der Waals surface area contributed by atoms with Gasteiger partial charge in [0.1, 0.15) is 6.04 Å². The van der Waals surface area contributed by atoms with Crippen LogP contribution >= 0.6 is 0 Å². The molecule has 15 heavy (non-hydrogen) atoms. The van der Waals surface area contributed by atoms with Crippen molar-refractivity contribution >= 4 is 12.3 Å². The van der Waals surface area contributed by atoms with Gasteiger partial charge in [0.15, 0.2) is 0 Å². The molecule has 1 aromatic rings. The fourth-order valence-electron chi connectivity index (χ4n) is 1.33. The van der Waals surface area contributed by atoms with E-state index >= 15 is 0 Å². The molecule has 0 fully saturated rings. The molecule has 0 aromatic heterocycles. The van der Waals surface area contributed by atoms with Crippen molar-refractivity contribution in [3.8, 4) is 0 Å². The number of carbonyl (C=O) groups excluding carboxylic acids is 2. The smallest absolute Gasteiger partial charge is 0.242 e. The molecular weight excluding hydrogens is 192 g/mol. The van der Waals surface area contributed by atoms with Crippen molar-refractivity contribution in [3.63, 3.8) is 0 Å². The second-order valence-corrected chi connectivity index (χ2v) is 3.14. The summed E-state index contributed by atoms with van der Waals surface area (Å²) in [5, 5.41) is 5.00. The van der Waals surface area contributed by atoms with Crippen LogP contribution in [-0.4, -0.2) is 25.4 Å². The Morgan fingerprint density at radius 2 is 2.07 bits per heavy atom. The Kier molecular flexibility index (Phi) is 4.34. The maximum atomic E-state index is 11.4. The van der Waals surface area contributed by atoms with Crippen molar-refractivity contribution in [2.24, 2.45) is 0 Å². The molecule has 4 nitrogen and oxygen atoms in total. The van der Waals surface area contributed by atoms with Gasteiger partial charge in [0.05, 0.1) is 0 Å². The average Bonchev–Trinajstić information content (AvgIpc) is 2.29. The van der Waals surface area contributed by atoms with E-state index in [-0.39, 0.29) is 5.91 Å². The van der Waals surface area contributed by atoms with Crippen LogP contribution in [-0.2, 0) is 16.0 Å². The summed E-state index contributed by atoms with van der Waals surface area (Å²) in [4.78, 5) is 21.7. The summed E-state index contributed by atoms with van der Waals surface area (Å²) in [6.45, 7) is 0. The van der Waals surface area contributed by atoms with Gasteiger partial charge in [-0.2, -0.15) is 0 Å². The Morgan fingerprint density at radius 3 is 2.60 bits per heavy atom. The minimum atomic E-state index is -0.505. The zero-order valence-electron chi connectivity index (χ0n) is 8.57. The van der Waals surface area contributed by atoms with E-state index in [1.807, 2.05) is 30.3 Å². The molecule has 4 heteroatoms. The van der Waals surface area contributed by atoms with Crippen LogP contribution in [0.25, 0.3) is 0 Å². The van der Waals surface area contributed by atoms with Crippen molar-refractivity contribution in [1.82, 2.24) is 10.6 Å². The first-order chi connectivity index (χ1) is 7.27. The Morgan fingerprint density at radius 1 is 1.40 bits per heavy atom. The monoisotopic (exact) mass is 206 g/mol. The normalized spacial score (nSPS) is 11.5. The van der Waals surface area contributed by atoms with Gasteiger partial charge >= 0.3 is 0 Å². The number of hydrogen-bond donors (Lipinski definition) is 2. The molecule has 0 bridgehead atoms. The molecule has 0 heterocycles. The Bertz CT molecular complexity index is 325. The summed E-state index contributed by atoms with van der Waals surface area (Å²) in [7, 11) is 1.55. The Balaban J connectivity index is 2.66. The molecule has 80 valence electrons. The van der Waals surface area contributed by atoms with Crippen LogP contribution in [0.2, 0.25) is 0 Å². The molecule has 0 unspecified atom stereocenters. The van der Waals surface area contributed by atoms with E-state index in [1.54, 1.807) is 7.05 Å². The number of benzene rings is 1. The third-order valence-electron chi connectivity index (χ3n) is 2.11. The lowest BCUT2D eigenvalue weighted by molar-refractivity contribution is -0.124. The predicted octanol–water partition coefficient (Wildman–Crippen LogP) is 0.0897. The van der Waals surface area contributed by atoms with Gasteiger partial charge in [-0.25, -0.2) is 0 Å². The topological polar surface area (TPSA) is 58.2 Å². The standard InChI is InChI=1S/C11H14N2O2/c1-12-11(15)10(13-8-14)7-9-5-3-2-4-6-9/h2-6,8,10H,7H2,1H3,(H,12,15)(H,13,14)/t10-/m0/s1. The first-order valence-corrected chi connectivity index (χ1v) is 4.73. The number of hydrogen-bond acceptors (Lipinski definition) is 2. The molecule has 0 radical (unpaired) electrons. The van der Waals surface area contributed by atoms with Crippen LogP contribution in [0.1, 0.15) is 5.56 Å². The molecule has 2 amide bonds. The van der Waals surface area contributed by atoms with Gasteiger partial charge in [0.2, 0.25) is 12.3 Å². The fraction of sp³-hybridized carbons (Fsp3) is 0.273. The zero-order valence-corrected chi connectivity index (χ0v) is 8.57. The molecule has 0 aliphatic heterocycles. The summed E-state index contributed by atoms with van der Waals surface area (Å²) in [5.41, 5.74) is 1.01. The van der Waals surface area contributed by atoms with Gasteiger partial charge in [0.25, 0.3) is 0 Å². The molecular formula is C11H14N2O2. The lowest BCUT2D eigenvalue weighted by Crippen LogP contribution is -2.43. The van der Waals surface area contributed by atoms with Gasteiger partial charge < -0.3 is 10.6 Å². The predicted molar refractivity (Wildman–Crippen MR) is 57.2 cm³/mol. The van der Waals surface area contributed by atoms with Crippen LogP contribution in [0.5, 0.6) is 0 Å². The second-order valence-electron chi connectivity index (χ2n) is 3.14. The number of amides is 2. The van der Waals surface area contributed by atoms with E-state index in [0.717, 1.165) is 5.56 Å². The summed E-state index contributed by atoms with van der Waals surface area (Å²) < 4.78 is 0. The molecule has 0 spiro atoms. The molecule has 2 N–H and O–H groups in total. The summed E-state index contributed by atoms with van der Waals surface area (Å²) in [6.07, 6.45) is 1.04. The van der Waals surface area contributed by atoms with Gasteiger partial charge in [-0.05, 0) is 5.56 Å². The van der Waals surface area contributed by atoms with Crippen molar-refractivity contribution in [1.29, 1.82) is 0 Å². The highest BCUT2D eigenvalue weighted by Gasteiger charge is 2.15. The highest BCUT2D eigenvalue weighted by Crippen LogP contribution is 2.02. The average molecular weight is 206 g/mol. The molecule has 0 saturated carbocycles. The third kappa shape index (κ3) is 3.42. The highest BCUT2D eigenvalue weighted by molar-refractivity contribution is 5.83. The molecule has 0 saturated heterocycles. The van der Waals surface area contributed by atoms with Crippen molar-refractivity contribution in [2.75, 3.05) is 7.05 Å². The van der Waals surface area contributed by atoms with Crippen LogP contribution < -0.4 is 10.6 Å². The lowest BCUT2D eigenvalue weighted by Gasteiger charge is -2.14. The summed E-state index contributed by atoms with van der Waals surface area (Å²) >= 11 is 0. The molecule has 0 aliphatic rings. The number of rotatable bonds is 5. The number of nitrogens with one attached hydrogen (secondary N) is 2. The largest absolute Gasteiger partial charge is 0.357 e. The summed E-state index contributed by atoms with van der Waals surface area (Å²) in [5.74, 6) is -0.189. The van der Waals surface area contributed by atoms with Crippen molar-refractivity contribution in [3.05, 3.63) is 35.9 Å². The first kappa shape index (κ1) is 11.2. The molecule has 1 atom stereocenters. The van der Waals surface area contributed by atoms with Gasteiger partial charge in [-0.3, -0.25) is 9.59 Å². The van der Waals surface area contributed by atoms with Gasteiger partial charge in [-0.1, -0.05) is 30.3 Å². The van der Waals surface area contributed by atoms with Crippen molar-refractivity contribution in [2.45, 2.75) is 12.5 Å². The van der Waals surface area contributed by atoms with E-state index in [0.29, 0.717) is 12.8 Å². The van der Waals surface area contributed by atoms with Crippen LogP contribution in [0.15, 0.2) is 30.3 Å². The minimum Gasteiger partial charge on any atom is -0.357 e. The summed E-state index contributed by atoms with van der Waals surface area (Å²) in [6, 6.07) is 9.04. The quantitative estimate of drug-likeness (QED) is 0.671. The lowest BCUT2D eigenvalue weighted by atomic mass is 10.1. The first-order valence-electron chi connectivity index (χ1n) is 4.73. The Labute approximate surface area is 88.7 Å². The van der Waals surface area contributed by atoms with Crippen molar-refractivity contribution < 1.29 is 9.59 Å². The van der Waals surface area contributed by atoms with E-state index in [9.17, 15) is 9.59 Å².